The van der Waals surface area contributed by atoms with Gasteiger partial charge in [-0.3, -0.25) is 4.79 Å². The van der Waals surface area contributed by atoms with E-state index in [2.05, 4.69) is 5.32 Å². The maximum absolute atomic E-state index is 12.0. The van der Waals surface area contributed by atoms with Crippen LogP contribution in [0.1, 0.15) is 25.3 Å². The topological polar surface area (TPSA) is 149 Å². The number of unbranched alkanes of at least 4 members (excludes halogenated alkanes) is 1. The average molecular weight is 426 g/mol. The average Bonchev–Trinajstić information content (AvgIpc) is 2.73. The number of nitrogens with one attached hydrogen (secondary N) is 1. The molecule has 2 rings (SSSR count). The fourth-order valence-corrected chi connectivity index (χ4v) is 3.31. The van der Waals surface area contributed by atoms with Crippen LogP contribution >= 0.6 is 0 Å². The molecule has 0 spiro atoms. The molecule has 1 saturated heterocycles. The lowest BCUT2D eigenvalue weighted by molar-refractivity contribution is -0.270. The van der Waals surface area contributed by atoms with Crippen molar-refractivity contribution < 1.29 is 39.5 Å². The van der Waals surface area contributed by atoms with Gasteiger partial charge in [-0.1, -0.05) is 30.3 Å². The van der Waals surface area contributed by atoms with E-state index >= 15 is 0 Å². The fourth-order valence-electron chi connectivity index (χ4n) is 3.31. The van der Waals surface area contributed by atoms with Gasteiger partial charge in [0.2, 0.25) is 5.91 Å². The quantitative estimate of drug-likeness (QED) is 0.327. The van der Waals surface area contributed by atoms with Gasteiger partial charge >= 0.3 is 6.09 Å². The molecule has 5 N–H and O–H groups in total. The van der Waals surface area contributed by atoms with Gasteiger partial charge in [0.25, 0.3) is 0 Å². The van der Waals surface area contributed by atoms with Gasteiger partial charge in [-0.15, -0.1) is 0 Å². The Morgan fingerprint density at radius 2 is 1.83 bits per heavy atom. The summed E-state index contributed by atoms with van der Waals surface area (Å²) in [4.78, 5) is 25.0. The zero-order valence-electron chi connectivity index (χ0n) is 16.9. The van der Waals surface area contributed by atoms with Crippen molar-refractivity contribution in [3.05, 3.63) is 35.9 Å². The molecule has 1 aliphatic heterocycles. The van der Waals surface area contributed by atoms with Crippen LogP contribution in [0.2, 0.25) is 0 Å². The first-order chi connectivity index (χ1) is 14.3. The Hall–Kier alpha value is -2.24. The third kappa shape index (κ3) is 6.64. The molecule has 0 saturated carbocycles. The van der Waals surface area contributed by atoms with E-state index in [4.69, 9.17) is 14.6 Å². The highest BCUT2D eigenvalue weighted by Gasteiger charge is 2.46. The third-order valence-electron chi connectivity index (χ3n) is 4.94. The van der Waals surface area contributed by atoms with E-state index in [-0.39, 0.29) is 13.2 Å². The Morgan fingerprint density at radius 1 is 1.13 bits per heavy atom. The van der Waals surface area contributed by atoms with Crippen molar-refractivity contribution in [2.45, 2.75) is 57.0 Å². The minimum absolute atomic E-state index is 0.166. The van der Waals surface area contributed by atoms with Crippen molar-refractivity contribution in [2.24, 2.45) is 0 Å². The van der Waals surface area contributed by atoms with Crippen molar-refractivity contribution in [3.63, 3.8) is 0 Å². The number of carbonyl (C=O) groups is 2. The summed E-state index contributed by atoms with van der Waals surface area (Å²) in [5.41, 5.74) is 0.877. The van der Waals surface area contributed by atoms with E-state index in [0.717, 1.165) is 5.56 Å². The van der Waals surface area contributed by atoms with Crippen LogP contribution in [0.4, 0.5) is 4.79 Å². The van der Waals surface area contributed by atoms with Crippen molar-refractivity contribution in [1.29, 1.82) is 0 Å². The first-order valence-corrected chi connectivity index (χ1v) is 9.87. The Balaban J connectivity index is 1.74. The molecular formula is C20H30N2O8. The summed E-state index contributed by atoms with van der Waals surface area (Å²) in [6.45, 7) is 1.37. The zero-order valence-corrected chi connectivity index (χ0v) is 16.9. The molecule has 10 heteroatoms. The summed E-state index contributed by atoms with van der Waals surface area (Å²) < 4.78 is 10.2. The summed E-state index contributed by atoms with van der Waals surface area (Å²) in [7, 11) is 0. The normalized spacial score (nSPS) is 26.1. The second-order valence-electron chi connectivity index (χ2n) is 7.13. The molecule has 5 atom stereocenters. The number of carbonyl (C=O) groups excluding carboxylic acids is 2. The fraction of sp³-hybridized carbons (Fsp3) is 0.600. The summed E-state index contributed by atoms with van der Waals surface area (Å²) in [5.74, 6) is -0.411. The monoisotopic (exact) mass is 426 g/mol. The predicted molar refractivity (Wildman–Crippen MR) is 105 cm³/mol. The van der Waals surface area contributed by atoms with Crippen LogP contribution in [0.15, 0.2) is 30.3 Å². The van der Waals surface area contributed by atoms with Gasteiger partial charge in [0.05, 0.1) is 6.61 Å². The number of rotatable bonds is 9. The van der Waals surface area contributed by atoms with E-state index in [1.54, 1.807) is 0 Å². The van der Waals surface area contributed by atoms with Crippen LogP contribution in [-0.2, 0) is 20.9 Å². The Morgan fingerprint density at radius 3 is 2.47 bits per heavy atom. The number of aliphatic hydroxyl groups is 4. The Bertz CT molecular complexity index is 674. The highest BCUT2D eigenvalue weighted by Crippen LogP contribution is 2.24. The van der Waals surface area contributed by atoms with Crippen LogP contribution in [0.5, 0.6) is 0 Å². The zero-order chi connectivity index (χ0) is 22.1. The number of benzene rings is 1. The van der Waals surface area contributed by atoms with Gasteiger partial charge in [0.1, 0.15) is 31.0 Å². The van der Waals surface area contributed by atoms with Gasteiger partial charge < -0.3 is 40.1 Å². The standard InChI is InChI=1S/C20H30N2O8/c1-13(24)22(16-18(26)17(25)15(11-23)30-19(16)27)10-6-5-9-21-20(28)29-12-14-7-3-2-4-8-14/h2-4,7-8,15-19,23,25-27H,5-6,9-12H2,1H3,(H,21,28)/t15-,16-,17-,18-,19-/m1/s1. The second kappa shape index (κ2) is 11.8. The first kappa shape index (κ1) is 24.0. The van der Waals surface area contributed by atoms with Crippen molar-refractivity contribution >= 4 is 12.0 Å². The molecule has 0 aromatic heterocycles. The number of hydrogen-bond donors (Lipinski definition) is 5. The van der Waals surface area contributed by atoms with E-state index in [1.807, 2.05) is 30.3 Å². The van der Waals surface area contributed by atoms with Crippen LogP contribution < -0.4 is 5.32 Å². The number of amides is 2. The van der Waals surface area contributed by atoms with Crippen LogP contribution in [0.25, 0.3) is 0 Å². The number of alkyl carbamates (subject to hydrolysis) is 1. The van der Waals surface area contributed by atoms with Gasteiger partial charge in [0, 0.05) is 20.0 Å². The molecule has 1 aromatic rings. The molecule has 0 radical (unpaired) electrons. The molecule has 168 valence electrons. The summed E-state index contributed by atoms with van der Waals surface area (Å²) in [6.07, 6.45) is -5.15. The molecule has 0 unspecified atom stereocenters. The molecule has 2 amide bonds. The highest BCUT2D eigenvalue weighted by molar-refractivity contribution is 5.73. The third-order valence-corrected chi connectivity index (χ3v) is 4.94. The lowest BCUT2D eigenvalue weighted by Gasteiger charge is -2.44. The van der Waals surface area contributed by atoms with E-state index in [0.29, 0.717) is 19.4 Å². The summed E-state index contributed by atoms with van der Waals surface area (Å²) >= 11 is 0. The molecule has 30 heavy (non-hydrogen) atoms. The molecule has 0 aliphatic carbocycles. The highest BCUT2D eigenvalue weighted by atomic mass is 16.6. The number of ether oxygens (including phenoxy) is 2. The first-order valence-electron chi connectivity index (χ1n) is 9.87. The largest absolute Gasteiger partial charge is 0.445 e. The molecule has 10 nitrogen and oxygen atoms in total. The van der Waals surface area contributed by atoms with Gasteiger partial charge in [-0.05, 0) is 18.4 Å². The van der Waals surface area contributed by atoms with E-state index < -0.39 is 49.3 Å². The van der Waals surface area contributed by atoms with Crippen molar-refractivity contribution in [2.75, 3.05) is 19.7 Å². The van der Waals surface area contributed by atoms with Crippen LogP contribution in [-0.4, -0.2) is 87.7 Å². The molecule has 0 bridgehead atoms. The SMILES string of the molecule is CC(=O)N(CCCCNC(=O)OCc1ccccc1)[C@@H]1[C@@H](O)[C@H](O)[C@@H](CO)O[C@H]1O. The molecule has 1 aromatic carbocycles. The maximum Gasteiger partial charge on any atom is 0.407 e. The molecular weight excluding hydrogens is 396 g/mol. The summed E-state index contributed by atoms with van der Waals surface area (Å²) in [6, 6.07) is 8.11. The minimum Gasteiger partial charge on any atom is -0.445 e. The van der Waals surface area contributed by atoms with Crippen LogP contribution in [0, 0.1) is 0 Å². The van der Waals surface area contributed by atoms with E-state index in [1.165, 1.54) is 11.8 Å². The number of nitrogens with zero attached hydrogens (tertiary/aromatic N) is 1. The van der Waals surface area contributed by atoms with Crippen LogP contribution in [0.3, 0.4) is 0 Å². The van der Waals surface area contributed by atoms with Crippen molar-refractivity contribution in [1.82, 2.24) is 10.2 Å². The smallest absolute Gasteiger partial charge is 0.407 e. The lowest BCUT2D eigenvalue weighted by Crippen LogP contribution is -2.65. The number of aliphatic hydroxyl groups excluding tert-OH is 4. The Labute approximate surface area is 175 Å². The van der Waals surface area contributed by atoms with Gasteiger partial charge in [-0.2, -0.15) is 0 Å². The second-order valence-corrected chi connectivity index (χ2v) is 7.13. The summed E-state index contributed by atoms with van der Waals surface area (Å²) in [5, 5.41) is 42.2. The molecule has 1 heterocycles. The van der Waals surface area contributed by atoms with Gasteiger partial charge in [0.15, 0.2) is 6.29 Å². The van der Waals surface area contributed by atoms with E-state index in [9.17, 15) is 24.9 Å². The Kier molecular flexibility index (Phi) is 9.47. The molecule has 1 fully saturated rings. The maximum atomic E-state index is 12.0. The number of hydrogen-bond acceptors (Lipinski definition) is 8. The molecule has 1 aliphatic rings. The minimum atomic E-state index is -1.55. The predicted octanol–water partition coefficient (Wildman–Crippen LogP) is -0.659. The van der Waals surface area contributed by atoms with Crippen molar-refractivity contribution in [3.8, 4) is 0 Å². The van der Waals surface area contributed by atoms with Gasteiger partial charge in [-0.25, -0.2) is 4.79 Å². The lowest BCUT2D eigenvalue weighted by atomic mass is 9.95.